The van der Waals surface area contributed by atoms with Gasteiger partial charge < -0.3 is 14.2 Å². The molecule has 0 aliphatic heterocycles. The second-order valence-corrected chi connectivity index (χ2v) is 8.11. The standard InChI is InChI=1S/C25H19ClN2O3/c1-14(2)15-7-10-22-20(11-15)28-25(31-22)18-13-17(8-9-19(18)26)27-24(29)23-12-16-5-3-4-6-21(16)30-23/h3-14H,1-2H3,(H,27,29). The summed E-state index contributed by atoms with van der Waals surface area (Å²) >= 11 is 6.42. The zero-order chi connectivity index (χ0) is 21.5. The summed E-state index contributed by atoms with van der Waals surface area (Å²) in [5.41, 5.74) is 4.48. The van der Waals surface area contributed by atoms with Gasteiger partial charge in [-0.15, -0.1) is 0 Å². The Kier molecular flexibility index (Phi) is 4.75. The van der Waals surface area contributed by atoms with Crippen molar-refractivity contribution >= 4 is 45.3 Å². The van der Waals surface area contributed by atoms with Gasteiger partial charge in [0.1, 0.15) is 11.1 Å². The third kappa shape index (κ3) is 3.68. The van der Waals surface area contributed by atoms with E-state index in [4.69, 9.17) is 20.4 Å². The maximum absolute atomic E-state index is 12.7. The number of hydrogen-bond donors (Lipinski definition) is 1. The van der Waals surface area contributed by atoms with Crippen molar-refractivity contribution in [1.29, 1.82) is 0 Å². The van der Waals surface area contributed by atoms with Gasteiger partial charge in [0.15, 0.2) is 11.3 Å². The van der Waals surface area contributed by atoms with Crippen LogP contribution in [0, 0.1) is 0 Å². The Morgan fingerprint density at radius 1 is 0.968 bits per heavy atom. The van der Waals surface area contributed by atoms with Crippen molar-refractivity contribution in [1.82, 2.24) is 4.98 Å². The van der Waals surface area contributed by atoms with Crippen LogP contribution >= 0.6 is 11.6 Å². The van der Waals surface area contributed by atoms with E-state index < -0.39 is 0 Å². The number of halogens is 1. The molecule has 0 spiro atoms. The number of nitrogens with zero attached hydrogens (tertiary/aromatic N) is 1. The number of furan rings is 1. The second-order valence-electron chi connectivity index (χ2n) is 7.70. The highest BCUT2D eigenvalue weighted by atomic mass is 35.5. The van der Waals surface area contributed by atoms with Gasteiger partial charge in [0.2, 0.25) is 5.89 Å². The van der Waals surface area contributed by atoms with E-state index in [1.165, 1.54) is 5.56 Å². The van der Waals surface area contributed by atoms with Gasteiger partial charge >= 0.3 is 0 Å². The van der Waals surface area contributed by atoms with Gasteiger partial charge in [0.05, 0.1) is 10.6 Å². The lowest BCUT2D eigenvalue weighted by Gasteiger charge is -2.06. The lowest BCUT2D eigenvalue weighted by atomic mass is 10.0. The smallest absolute Gasteiger partial charge is 0.291 e. The summed E-state index contributed by atoms with van der Waals surface area (Å²) in [6.07, 6.45) is 0. The van der Waals surface area contributed by atoms with Crippen LogP contribution in [0.1, 0.15) is 35.9 Å². The number of hydrogen-bond acceptors (Lipinski definition) is 4. The van der Waals surface area contributed by atoms with Crippen molar-refractivity contribution < 1.29 is 13.6 Å². The largest absolute Gasteiger partial charge is 0.451 e. The summed E-state index contributed by atoms with van der Waals surface area (Å²) in [5, 5.41) is 4.21. The Morgan fingerprint density at radius 2 is 1.81 bits per heavy atom. The average Bonchev–Trinajstić information content (AvgIpc) is 3.38. The molecule has 6 heteroatoms. The van der Waals surface area contributed by atoms with Crippen LogP contribution in [0.3, 0.4) is 0 Å². The van der Waals surface area contributed by atoms with E-state index >= 15 is 0 Å². The van der Waals surface area contributed by atoms with Crippen LogP contribution in [0.15, 0.2) is 75.6 Å². The molecule has 0 aliphatic carbocycles. The number of amides is 1. The first kappa shape index (κ1) is 19.4. The number of nitrogens with one attached hydrogen (secondary N) is 1. The summed E-state index contributed by atoms with van der Waals surface area (Å²) in [4.78, 5) is 17.3. The zero-order valence-electron chi connectivity index (χ0n) is 17.0. The van der Waals surface area contributed by atoms with Crippen molar-refractivity contribution in [2.24, 2.45) is 0 Å². The van der Waals surface area contributed by atoms with Gasteiger partial charge in [0.25, 0.3) is 5.91 Å². The van der Waals surface area contributed by atoms with E-state index in [9.17, 15) is 4.79 Å². The molecule has 2 aromatic heterocycles. The Morgan fingerprint density at radius 3 is 2.61 bits per heavy atom. The first-order valence-electron chi connectivity index (χ1n) is 9.98. The van der Waals surface area contributed by atoms with E-state index in [-0.39, 0.29) is 11.7 Å². The summed E-state index contributed by atoms with van der Waals surface area (Å²) in [7, 11) is 0. The lowest BCUT2D eigenvalue weighted by Crippen LogP contribution is -2.10. The Balaban J connectivity index is 1.46. The fourth-order valence-corrected chi connectivity index (χ4v) is 3.67. The molecule has 0 atom stereocenters. The average molecular weight is 431 g/mol. The number of carbonyl (C=O) groups is 1. The minimum Gasteiger partial charge on any atom is -0.451 e. The topological polar surface area (TPSA) is 68.3 Å². The molecule has 0 saturated heterocycles. The highest BCUT2D eigenvalue weighted by Gasteiger charge is 2.16. The molecule has 154 valence electrons. The van der Waals surface area contributed by atoms with Crippen molar-refractivity contribution in [3.8, 4) is 11.5 Å². The number of anilines is 1. The van der Waals surface area contributed by atoms with Gasteiger partial charge in [0, 0.05) is 11.1 Å². The van der Waals surface area contributed by atoms with Crippen molar-refractivity contribution in [2.45, 2.75) is 19.8 Å². The van der Waals surface area contributed by atoms with Crippen molar-refractivity contribution in [3.05, 3.63) is 83.1 Å². The van der Waals surface area contributed by atoms with Crippen molar-refractivity contribution in [3.63, 3.8) is 0 Å². The summed E-state index contributed by atoms with van der Waals surface area (Å²) < 4.78 is 11.6. The molecule has 5 aromatic rings. The van der Waals surface area contributed by atoms with Gasteiger partial charge in [-0.05, 0) is 53.9 Å². The van der Waals surface area contributed by atoms with Crippen LogP contribution in [0.25, 0.3) is 33.5 Å². The Hall–Kier alpha value is -3.57. The van der Waals surface area contributed by atoms with E-state index in [1.54, 1.807) is 24.3 Å². The number of rotatable bonds is 4. The van der Waals surface area contributed by atoms with E-state index in [0.29, 0.717) is 39.2 Å². The SMILES string of the molecule is CC(C)c1ccc2oc(-c3cc(NC(=O)c4cc5ccccc5o4)ccc3Cl)nc2c1. The third-order valence-corrected chi connectivity index (χ3v) is 5.51. The van der Waals surface area contributed by atoms with Crippen LogP contribution < -0.4 is 5.32 Å². The zero-order valence-corrected chi connectivity index (χ0v) is 17.7. The highest BCUT2D eigenvalue weighted by Crippen LogP contribution is 2.33. The van der Waals surface area contributed by atoms with Crippen LogP contribution in [0.2, 0.25) is 5.02 Å². The predicted octanol–water partition coefficient (Wildman–Crippen LogP) is 7.27. The van der Waals surface area contributed by atoms with E-state index in [1.807, 2.05) is 42.5 Å². The molecule has 0 radical (unpaired) electrons. The minimum absolute atomic E-state index is 0.237. The molecular formula is C25H19ClN2O3. The minimum atomic E-state index is -0.344. The maximum atomic E-state index is 12.7. The molecule has 0 unspecified atom stereocenters. The first-order valence-corrected chi connectivity index (χ1v) is 10.4. The van der Waals surface area contributed by atoms with Crippen LogP contribution in [-0.2, 0) is 0 Å². The van der Waals surface area contributed by atoms with Gasteiger partial charge in [-0.1, -0.05) is 49.7 Å². The number of fused-ring (bicyclic) bond motifs is 2. The Labute approximate surface area is 183 Å². The number of aromatic nitrogens is 1. The quantitative estimate of drug-likeness (QED) is 0.325. The normalized spacial score (nSPS) is 11.5. The third-order valence-electron chi connectivity index (χ3n) is 5.18. The lowest BCUT2D eigenvalue weighted by molar-refractivity contribution is 0.0998. The molecule has 0 fully saturated rings. The molecule has 1 amide bonds. The van der Waals surface area contributed by atoms with Crippen LogP contribution in [0.5, 0.6) is 0 Å². The number of para-hydroxylation sites is 1. The molecule has 2 heterocycles. The number of carbonyl (C=O) groups excluding carboxylic acids is 1. The Bertz CT molecular complexity index is 1400. The summed E-state index contributed by atoms with van der Waals surface area (Å²) in [6.45, 7) is 4.26. The van der Waals surface area contributed by atoms with Crippen LogP contribution in [0.4, 0.5) is 5.69 Å². The molecule has 0 saturated carbocycles. The molecule has 1 N–H and O–H groups in total. The summed E-state index contributed by atoms with van der Waals surface area (Å²) in [6, 6.07) is 20.4. The van der Waals surface area contributed by atoms with Crippen LogP contribution in [-0.4, -0.2) is 10.9 Å². The fraction of sp³-hybridized carbons (Fsp3) is 0.120. The second kappa shape index (κ2) is 7.60. The molecular weight excluding hydrogens is 412 g/mol. The maximum Gasteiger partial charge on any atom is 0.291 e. The molecule has 0 aliphatic rings. The predicted molar refractivity (Wildman–Crippen MR) is 123 cm³/mol. The molecule has 31 heavy (non-hydrogen) atoms. The molecule has 5 rings (SSSR count). The van der Waals surface area contributed by atoms with E-state index in [0.717, 1.165) is 10.9 Å². The first-order chi connectivity index (χ1) is 15.0. The molecule has 5 nitrogen and oxygen atoms in total. The van der Waals surface area contributed by atoms with Gasteiger partial charge in [-0.2, -0.15) is 0 Å². The van der Waals surface area contributed by atoms with E-state index in [2.05, 4.69) is 24.1 Å². The molecule has 0 bridgehead atoms. The van der Waals surface area contributed by atoms with Gasteiger partial charge in [-0.3, -0.25) is 4.79 Å². The monoisotopic (exact) mass is 430 g/mol. The number of benzene rings is 3. The summed E-state index contributed by atoms with van der Waals surface area (Å²) in [5.74, 6) is 0.690. The molecule has 3 aromatic carbocycles. The fourth-order valence-electron chi connectivity index (χ4n) is 3.47. The van der Waals surface area contributed by atoms with Gasteiger partial charge in [-0.25, -0.2) is 4.98 Å². The highest BCUT2D eigenvalue weighted by molar-refractivity contribution is 6.33. The number of oxazole rings is 1. The van der Waals surface area contributed by atoms with Crippen molar-refractivity contribution in [2.75, 3.05) is 5.32 Å².